The molecule has 0 spiro atoms. The summed E-state index contributed by atoms with van der Waals surface area (Å²) in [5, 5.41) is 2.72. The van der Waals surface area contributed by atoms with E-state index in [9.17, 15) is 9.59 Å². The Hall–Kier alpha value is -1.54. The second kappa shape index (κ2) is 7.69. The molecular weight excluding hydrogens is 218 g/mol. The second-order valence-corrected chi connectivity index (χ2v) is 4.41. The molecule has 0 aromatic heterocycles. The van der Waals surface area contributed by atoms with Crippen molar-refractivity contribution in [2.24, 2.45) is 11.7 Å². The highest BCUT2D eigenvalue weighted by Crippen LogP contribution is 1.94. The van der Waals surface area contributed by atoms with Crippen LogP contribution in [-0.2, 0) is 9.59 Å². The van der Waals surface area contributed by atoms with Crippen molar-refractivity contribution >= 4 is 11.8 Å². The minimum atomic E-state index is -0.733. The Morgan fingerprint density at radius 3 is 2.53 bits per heavy atom. The lowest BCUT2D eigenvalue weighted by Crippen LogP contribution is -2.46. The van der Waals surface area contributed by atoms with E-state index in [1.807, 2.05) is 13.8 Å². The van der Waals surface area contributed by atoms with Gasteiger partial charge < -0.3 is 16.0 Å². The number of terminal acetylenes is 1. The summed E-state index contributed by atoms with van der Waals surface area (Å²) in [4.78, 5) is 24.4. The number of nitrogens with zero attached hydrogens (tertiary/aromatic N) is 1. The monoisotopic (exact) mass is 239 g/mol. The van der Waals surface area contributed by atoms with E-state index in [0.717, 1.165) is 0 Å². The summed E-state index contributed by atoms with van der Waals surface area (Å²) in [7, 11) is 1.54. The van der Waals surface area contributed by atoms with Gasteiger partial charge in [0.2, 0.25) is 11.8 Å². The third-order valence-electron chi connectivity index (χ3n) is 2.12. The molecule has 0 fully saturated rings. The summed E-state index contributed by atoms with van der Waals surface area (Å²) in [6.07, 6.45) is 5.25. The van der Waals surface area contributed by atoms with E-state index in [0.29, 0.717) is 12.5 Å². The Morgan fingerprint density at radius 1 is 1.47 bits per heavy atom. The number of rotatable bonds is 6. The van der Waals surface area contributed by atoms with Crippen molar-refractivity contribution in [3.8, 4) is 12.3 Å². The second-order valence-electron chi connectivity index (χ2n) is 4.41. The first-order valence-corrected chi connectivity index (χ1v) is 5.59. The fourth-order valence-corrected chi connectivity index (χ4v) is 1.16. The van der Waals surface area contributed by atoms with Gasteiger partial charge in [-0.15, -0.1) is 12.3 Å². The number of amides is 2. The predicted molar refractivity (Wildman–Crippen MR) is 66.9 cm³/mol. The zero-order valence-electron chi connectivity index (χ0n) is 10.7. The van der Waals surface area contributed by atoms with Gasteiger partial charge in [-0.2, -0.15) is 0 Å². The molecule has 3 N–H and O–H groups in total. The number of carbonyl (C=O) groups excluding carboxylic acids is 2. The molecule has 1 unspecified atom stereocenters. The van der Waals surface area contributed by atoms with Crippen molar-refractivity contribution in [2.75, 3.05) is 20.1 Å². The molecular formula is C12H21N3O2. The molecule has 0 saturated carbocycles. The van der Waals surface area contributed by atoms with E-state index in [1.54, 1.807) is 0 Å². The zero-order valence-corrected chi connectivity index (χ0v) is 10.7. The van der Waals surface area contributed by atoms with Gasteiger partial charge in [0.1, 0.15) is 0 Å². The van der Waals surface area contributed by atoms with Crippen LogP contribution in [0.15, 0.2) is 0 Å². The Kier molecular flexibility index (Phi) is 6.99. The van der Waals surface area contributed by atoms with Crippen LogP contribution in [-0.4, -0.2) is 42.9 Å². The summed E-state index contributed by atoms with van der Waals surface area (Å²) >= 11 is 0. The molecule has 0 rings (SSSR count). The summed E-state index contributed by atoms with van der Waals surface area (Å²) in [5.74, 6) is 2.19. The van der Waals surface area contributed by atoms with Crippen LogP contribution < -0.4 is 11.1 Å². The van der Waals surface area contributed by atoms with Crippen LogP contribution in [0.25, 0.3) is 0 Å². The molecule has 0 saturated heterocycles. The Labute approximate surface area is 103 Å². The van der Waals surface area contributed by atoms with Crippen LogP contribution in [0.2, 0.25) is 0 Å². The molecule has 0 radical (unpaired) electrons. The average molecular weight is 239 g/mol. The Balaban J connectivity index is 4.08. The van der Waals surface area contributed by atoms with Crippen molar-refractivity contribution in [2.45, 2.75) is 26.3 Å². The lowest BCUT2D eigenvalue weighted by Gasteiger charge is -2.20. The summed E-state index contributed by atoms with van der Waals surface area (Å²) in [6, 6.07) is -0.733. The highest BCUT2D eigenvalue weighted by atomic mass is 16.2. The summed E-state index contributed by atoms with van der Waals surface area (Å²) in [5.41, 5.74) is 5.56. The first-order valence-electron chi connectivity index (χ1n) is 5.59. The van der Waals surface area contributed by atoms with Crippen LogP contribution in [0.5, 0.6) is 0 Å². The maximum atomic E-state index is 11.6. The van der Waals surface area contributed by atoms with Crippen LogP contribution >= 0.6 is 0 Å². The fourth-order valence-electron chi connectivity index (χ4n) is 1.16. The number of hydrogen-bond acceptors (Lipinski definition) is 3. The molecule has 96 valence electrons. The first kappa shape index (κ1) is 15.5. The quantitative estimate of drug-likeness (QED) is 0.617. The van der Waals surface area contributed by atoms with Crippen molar-refractivity contribution in [3.63, 3.8) is 0 Å². The van der Waals surface area contributed by atoms with Crippen molar-refractivity contribution < 1.29 is 9.59 Å². The van der Waals surface area contributed by atoms with Gasteiger partial charge in [0.05, 0.1) is 12.6 Å². The number of nitrogens with one attached hydrogen (secondary N) is 1. The van der Waals surface area contributed by atoms with E-state index in [2.05, 4.69) is 11.2 Å². The lowest BCUT2D eigenvalue weighted by atomic mass is 10.2. The first-order chi connectivity index (χ1) is 7.88. The molecule has 0 aromatic carbocycles. The van der Waals surface area contributed by atoms with Crippen LogP contribution in [0.3, 0.4) is 0 Å². The van der Waals surface area contributed by atoms with E-state index >= 15 is 0 Å². The van der Waals surface area contributed by atoms with Gasteiger partial charge in [-0.05, 0) is 5.92 Å². The number of hydrogen-bond donors (Lipinski definition) is 2. The lowest BCUT2D eigenvalue weighted by molar-refractivity contribution is -0.135. The van der Waals surface area contributed by atoms with Crippen molar-refractivity contribution in [3.05, 3.63) is 0 Å². The van der Waals surface area contributed by atoms with Crippen LogP contribution in [0, 0.1) is 18.3 Å². The van der Waals surface area contributed by atoms with Gasteiger partial charge in [-0.1, -0.05) is 13.8 Å². The standard InChI is InChI=1S/C12H21N3O2/c1-5-6-10(13)12(17)15(4)8-11(16)14-7-9(2)3/h1,9-10H,6-8,13H2,2-4H3,(H,14,16). The molecule has 0 aliphatic rings. The van der Waals surface area contributed by atoms with E-state index in [1.165, 1.54) is 11.9 Å². The summed E-state index contributed by atoms with van der Waals surface area (Å²) in [6.45, 7) is 4.59. The molecule has 2 amide bonds. The van der Waals surface area contributed by atoms with Gasteiger partial charge in [0, 0.05) is 20.0 Å². The molecule has 0 aliphatic carbocycles. The van der Waals surface area contributed by atoms with E-state index in [4.69, 9.17) is 12.2 Å². The predicted octanol–water partition coefficient (Wildman–Crippen LogP) is -0.432. The molecule has 0 heterocycles. The van der Waals surface area contributed by atoms with Gasteiger partial charge >= 0.3 is 0 Å². The Morgan fingerprint density at radius 2 is 2.06 bits per heavy atom. The minimum absolute atomic E-state index is 0.00379. The molecule has 0 aromatic rings. The maximum absolute atomic E-state index is 11.6. The third-order valence-corrected chi connectivity index (χ3v) is 2.12. The minimum Gasteiger partial charge on any atom is -0.354 e. The molecule has 5 nitrogen and oxygen atoms in total. The number of likely N-dealkylation sites (N-methyl/N-ethyl adjacent to an activating group) is 1. The molecule has 5 heteroatoms. The average Bonchev–Trinajstić information content (AvgIpc) is 2.25. The van der Waals surface area contributed by atoms with Crippen LogP contribution in [0.1, 0.15) is 20.3 Å². The SMILES string of the molecule is C#CCC(N)C(=O)N(C)CC(=O)NCC(C)C. The maximum Gasteiger partial charge on any atom is 0.240 e. The molecule has 0 bridgehead atoms. The molecule has 0 aliphatic heterocycles. The largest absolute Gasteiger partial charge is 0.354 e. The molecule has 1 atom stereocenters. The Bertz CT molecular complexity index is 307. The van der Waals surface area contributed by atoms with Crippen molar-refractivity contribution in [1.29, 1.82) is 0 Å². The van der Waals surface area contributed by atoms with Gasteiger partial charge in [0.15, 0.2) is 0 Å². The normalized spacial score (nSPS) is 11.8. The smallest absolute Gasteiger partial charge is 0.240 e. The third kappa shape index (κ3) is 6.59. The fraction of sp³-hybridized carbons (Fsp3) is 0.667. The van der Waals surface area contributed by atoms with Crippen LogP contribution in [0.4, 0.5) is 0 Å². The highest BCUT2D eigenvalue weighted by molar-refractivity contribution is 5.87. The summed E-state index contributed by atoms with van der Waals surface area (Å²) < 4.78 is 0. The zero-order chi connectivity index (χ0) is 13.4. The van der Waals surface area contributed by atoms with Crippen molar-refractivity contribution in [1.82, 2.24) is 10.2 Å². The van der Waals surface area contributed by atoms with Gasteiger partial charge in [-0.3, -0.25) is 9.59 Å². The van der Waals surface area contributed by atoms with E-state index in [-0.39, 0.29) is 24.8 Å². The molecule has 17 heavy (non-hydrogen) atoms. The topological polar surface area (TPSA) is 75.4 Å². The van der Waals surface area contributed by atoms with Gasteiger partial charge in [0.25, 0.3) is 0 Å². The van der Waals surface area contributed by atoms with E-state index < -0.39 is 6.04 Å². The number of carbonyl (C=O) groups is 2. The van der Waals surface area contributed by atoms with Gasteiger partial charge in [-0.25, -0.2) is 0 Å². The number of nitrogens with two attached hydrogens (primary N) is 1. The highest BCUT2D eigenvalue weighted by Gasteiger charge is 2.18.